The second-order valence-corrected chi connectivity index (χ2v) is 7.70. The van der Waals surface area contributed by atoms with Crippen LogP contribution in [0.15, 0.2) is 66.2 Å². The molecule has 0 aliphatic carbocycles. The molecule has 7 nitrogen and oxygen atoms in total. The molecule has 0 unspecified atom stereocenters. The van der Waals surface area contributed by atoms with Crippen LogP contribution in [0.25, 0.3) is 11.8 Å². The molecule has 1 aliphatic rings. The van der Waals surface area contributed by atoms with Gasteiger partial charge in [-0.1, -0.05) is 24.3 Å². The van der Waals surface area contributed by atoms with Gasteiger partial charge in [-0.2, -0.15) is 0 Å². The number of hydrogen-bond acceptors (Lipinski definition) is 4. The number of carbonyl (C=O) groups is 3. The smallest absolute Gasteiger partial charge is 0.335 e. The van der Waals surface area contributed by atoms with Gasteiger partial charge in [-0.15, -0.1) is 0 Å². The quantitative estimate of drug-likeness (QED) is 0.364. The normalized spacial score (nSPS) is 15.2. The molecule has 160 valence electrons. The van der Waals surface area contributed by atoms with E-state index in [1.165, 1.54) is 24.3 Å². The van der Waals surface area contributed by atoms with E-state index in [1.807, 2.05) is 54.8 Å². The average molecular weight is 446 g/mol. The van der Waals surface area contributed by atoms with Gasteiger partial charge in [0.1, 0.15) is 5.57 Å². The number of para-hydroxylation sites is 1. The van der Waals surface area contributed by atoms with Crippen LogP contribution in [-0.2, 0) is 9.59 Å². The lowest BCUT2D eigenvalue weighted by molar-refractivity contribution is -0.122. The first-order chi connectivity index (χ1) is 15.3. The maximum absolute atomic E-state index is 13.3. The summed E-state index contributed by atoms with van der Waals surface area (Å²) in [6.45, 7) is 3.86. The minimum absolute atomic E-state index is 0.00642. The molecule has 32 heavy (non-hydrogen) atoms. The highest BCUT2D eigenvalue weighted by Crippen LogP contribution is 2.26. The zero-order valence-electron chi connectivity index (χ0n) is 17.3. The molecule has 0 radical (unpaired) electrons. The Morgan fingerprint density at radius 1 is 1.00 bits per heavy atom. The highest BCUT2D eigenvalue weighted by molar-refractivity contribution is 7.80. The first kappa shape index (κ1) is 21.2. The number of nitrogens with one attached hydrogen (secondary N) is 1. The molecule has 2 aromatic carbocycles. The van der Waals surface area contributed by atoms with E-state index in [4.69, 9.17) is 12.2 Å². The van der Waals surface area contributed by atoms with Crippen molar-refractivity contribution in [2.45, 2.75) is 13.8 Å². The molecule has 0 atom stereocenters. The van der Waals surface area contributed by atoms with Gasteiger partial charge in [-0.3, -0.25) is 19.8 Å². The van der Waals surface area contributed by atoms with Crippen molar-refractivity contribution in [3.63, 3.8) is 0 Å². The summed E-state index contributed by atoms with van der Waals surface area (Å²) in [5.74, 6) is -2.35. The van der Waals surface area contributed by atoms with Crippen molar-refractivity contribution >= 4 is 46.9 Å². The molecule has 8 heteroatoms. The zero-order chi connectivity index (χ0) is 23.0. The van der Waals surface area contributed by atoms with Crippen LogP contribution in [0.4, 0.5) is 5.69 Å². The largest absolute Gasteiger partial charge is 0.478 e. The minimum Gasteiger partial charge on any atom is -0.478 e. The fourth-order valence-electron chi connectivity index (χ4n) is 3.73. The fourth-order valence-corrected chi connectivity index (χ4v) is 4.01. The predicted octanol–water partition coefficient (Wildman–Crippen LogP) is 3.62. The van der Waals surface area contributed by atoms with Crippen LogP contribution in [0.5, 0.6) is 0 Å². The lowest BCUT2D eigenvalue weighted by Crippen LogP contribution is -2.54. The number of aryl methyl sites for hydroxylation is 1. The third-order valence-electron chi connectivity index (χ3n) is 5.24. The summed E-state index contributed by atoms with van der Waals surface area (Å²) in [5.41, 5.74) is 3.69. The van der Waals surface area contributed by atoms with Crippen LogP contribution in [0.2, 0.25) is 0 Å². The number of anilines is 1. The van der Waals surface area contributed by atoms with Gasteiger partial charge in [0.25, 0.3) is 11.8 Å². The Morgan fingerprint density at radius 2 is 1.69 bits per heavy atom. The summed E-state index contributed by atoms with van der Waals surface area (Å²) in [4.78, 5) is 38.3. The van der Waals surface area contributed by atoms with Gasteiger partial charge >= 0.3 is 5.97 Å². The topological polar surface area (TPSA) is 91.6 Å². The van der Waals surface area contributed by atoms with E-state index < -0.39 is 17.8 Å². The fraction of sp³-hybridized carbons (Fsp3) is 0.0833. The number of rotatable bonds is 4. The number of aromatic nitrogens is 1. The van der Waals surface area contributed by atoms with Gasteiger partial charge < -0.3 is 9.67 Å². The van der Waals surface area contributed by atoms with Crippen LogP contribution in [0.1, 0.15) is 27.3 Å². The molecule has 2 N–H and O–H groups in total. The third-order valence-corrected chi connectivity index (χ3v) is 5.52. The van der Waals surface area contributed by atoms with Crippen molar-refractivity contribution in [2.75, 3.05) is 4.90 Å². The van der Waals surface area contributed by atoms with Crippen LogP contribution >= 0.6 is 12.2 Å². The molecule has 2 heterocycles. The molecule has 0 bridgehead atoms. The van der Waals surface area contributed by atoms with Crippen LogP contribution in [-0.4, -0.2) is 32.6 Å². The number of carboxylic acids is 1. The molecular formula is C24H19N3O4S. The molecular weight excluding hydrogens is 426 g/mol. The van der Waals surface area contributed by atoms with Crippen molar-refractivity contribution in [2.24, 2.45) is 0 Å². The molecule has 3 aromatic rings. The summed E-state index contributed by atoms with van der Waals surface area (Å²) in [6.07, 6.45) is 1.54. The first-order valence-electron chi connectivity index (χ1n) is 9.77. The lowest BCUT2D eigenvalue weighted by atomic mass is 10.1. The number of carbonyl (C=O) groups excluding carboxylic acids is 2. The lowest BCUT2D eigenvalue weighted by Gasteiger charge is -2.29. The summed E-state index contributed by atoms with van der Waals surface area (Å²) >= 11 is 5.20. The number of benzene rings is 2. The van der Waals surface area contributed by atoms with Gasteiger partial charge in [0.15, 0.2) is 5.11 Å². The maximum Gasteiger partial charge on any atom is 0.335 e. The van der Waals surface area contributed by atoms with E-state index in [0.717, 1.165) is 27.5 Å². The SMILES string of the molecule is Cc1cc(C=C2C(=O)NC(=S)N(c3cccc(C(=O)O)c3)C2=O)c(C)n1-c1ccccc1. The van der Waals surface area contributed by atoms with Crippen LogP contribution in [0, 0.1) is 13.8 Å². The Labute approximate surface area is 189 Å². The summed E-state index contributed by atoms with van der Waals surface area (Å²) in [5, 5.41) is 11.7. The van der Waals surface area contributed by atoms with E-state index in [1.54, 1.807) is 6.07 Å². The third kappa shape index (κ3) is 3.72. The number of hydrogen-bond donors (Lipinski definition) is 2. The Hall–Kier alpha value is -4.04. The predicted molar refractivity (Wildman–Crippen MR) is 125 cm³/mol. The van der Waals surface area contributed by atoms with E-state index in [0.29, 0.717) is 0 Å². The van der Waals surface area contributed by atoms with E-state index >= 15 is 0 Å². The zero-order valence-corrected chi connectivity index (χ0v) is 18.1. The monoisotopic (exact) mass is 445 g/mol. The van der Waals surface area contributed by atoms with Crippen molar-refractivity contribution in [1.29, 1.82) is 0 Å². The van der Waals surface area contributed by atoms with Gasteiger partial charge in [0, 0.05) is 17.1 Å². The molecule has 1 aliphatic heterocycles. The molecule has 1 aromatic heterocycles. The van der Waals surface area contributed by atoms with Crippen LogP contribution in [0.3, 0.4) is 0 Å². The molecule has 1 fully saturated rings. The van der Waals surface area contributed by atoms with Crippen molar-refractivity contribution < 1.29 is 19.5 Å². The second kappa shape index (κ2) is 8.24. The number of amides is 2. The number of nitrogens with zero attached hydrogens (tertiary/aromatic N) is 2. The molecule has 1 saturated heterocycles. The number of carboxylic acid groups (broad SMARTS) is 1. The van der Waals surface area contributed by atoms with Gasteiger partial charge in [0.05, 0.1) is 11.3 Å². The summed E-state index contributed by atoms with van der Waals surface area (Å²) < 4.78 is 2.04. The standard InChI is InChI=1S/C24H19N3O4S/c1-14-11-17(15(2)26(14)18-8-4-3-5-9-18)13-20-21(28)25-24(32)27(22(20)29)19-10-6-7-16(12-19)23(30)31/h3-13H,1-2H3,(H,30,31)(H,25,28,32). The second-order valence-electron chi connectivity index (χ2n) is 7.31. The van der Waals surface area contributed by atoms with Crippen molar-refractivity contribution in [3.8, 4) is 5.69 Å². The molecule has 4 rings (SSSR count). The van der Waals surface area contributed by atoms with E-state index in [9.17, 15) is 19.5 Å². The maximum atomic E-state index is 13.3. The molecule has 0 spiro atoms. The Morgan fingerprint density at radius 3 is 2.38 bits per heavy atom. The van der Waals surface area contributed by atoms with E-state index in [2.05, 4.69) is 5.32 Å². The van der Waals surface area contributed by atoms with E-state index in [-0.39, 0.29) is 21.9 Å². The van der Waals surface area contributed by atoms with Crippen molar-refractivity contribution in [1.82, 2.24) is 9.88 Å². The van der Waals surface area contributed by atoms with Gasteiger partial charge in [-0.05, 0) is 74.1 Å². The summed E-state index contributed by atoms with van der Waals surface area (Å²) in [6, 6.07) is 17.5. The Bertz CT molecular complexity index is 1310. The highest BCUT2D eigenvalue weighted by Gasteiger charge is 2.35. The Kier molecular flexibility index (Phi) is 5.46. The first-order valence-corrected chi connectivity index (χ1v) is 10.2. The average Bonchev–Trinajstić information content (AvgIpc) is 3.04. The van der Waals surface area contributed by atoms with Gasteiger partial charge in [-0.25, -0.2) is 4.79 Å². The number of aromatic carboxylic acids is 1. The minimum atomic E-state index is -1.13. The van der Waals surface area contributed by atoms with Crippen molar-refractivity contribution in [3.05, 3.63) is 88.8 Å². The van der Waals surface area contributed by atoms with Crippen LogP contribution < -0.4 is 10.2 Å². The van der Waals surface area contributed by atoms with Gasteiger partial charge in [0.2, 0.25) is 0 Å². The Balaban J connectivity index is 1.76. The molecule has 0 saturated carbocycles. The summed E-state index contributed by atoms with van der Waals surface area (Å²) in [7, 11) is 0. The highest BCUT2D eigenvalue weighted by atomic mass is 32.1. The molecule has 2 amide bonds. The number of thiocarbonyl (C=S) groups is 1.